The van der Waals surface area contributed by atoms with Crippen molar-refractivity contribution in [3.8, 4) is 5.69 Å². The summed E-state index contributed by atoms with van der Waals surface area (Å²) in [6, 6.07) is 5.94. The molecule has 0 aliphatic heterocycles. The van der Waals surface area contributed by atoms with Crippen molar-refractivity contribution in [3.05, 3.63) is 46.7 Å². The topological polar surface area (TPSA) is 43.8 Å². The molecule has 3 nitrogen and oxygen atoms in total. The van der Waals surface area contributed by atoms with Gasteiger partial charge in [0.15, 0.2) is 0 Å². The van der Waals surface area contributed by atoms with Crippen LogP contribution in [0.4, 0.5) is 0 Å². The highest BCUT2D eigenvalue weighted by Crippen LogP contribution is 2.19. The lowest BCUT2D eigenvalue weighted by molar-refractivity contribution is 0.831. The minimum Gasteiger partial charge on any atom is -0.330 e. The summed E-state index contributed by atoms with van der Waals surface area (Å²) in [6.45, 7) is 2.70. The molecular weight excluding hydrogens is 234 g/mol. The molecule has 2 rings (SSSR count). The molecule has 0 saturated carbocycles. The number of aryl methyl sites for hydroxylation is 2. The Morgan fingerprint density at radius 3 is 2.94 bits per heavy atom. The predicted molar refractivity (Wildman–Crippen MR) is 70.7 cm³/mol. The van der Waals surface area contributed by atoms with Crippen LogP contribution in [0, 0.1) is 6.92 Å². The van der Waals surface area contributed by atoms with Gasteiger partial charge in [-0.15, -0.1) is 0 Å². The number of aromatic nitrogens is 2. The van der Waals surface area contributed by atoms with Gasteiger partial charge in [-0.25, -0.2) is 4.68 Å². The Kier molecular flexibility index (Phi) is 3.82. The summed E-state index contributed by atoms with van der Waals surface area (Å²) >= 11 is 6.10. The fourth-order valence-corrected chi connectivity index (χ4v) is 1.84. The van der Waals surface area contributed by atoms with Crippen molar-refractivity contribution in [3.63, 3.8) is 0 Å². The summed E-state index contributed by atoms with van der Waals surface area (Å²) in [5, 5.41) is 5.09. The van der Waals surface area contributed by atoms with Crippen LogP contribution in [-0.2, 0) is 6.42 Å². The van der Waals surface area contributed by atoms with E-state index in [0.29, 0.717) is 6.54 Å². The highest BCUT2D eigenvalue weighted by atomic mass is 35.5. The lowest BCUT2D eigenvalue weighted by Gasteiger charge is -2.03. The second-order valence-corrected chi connectivity index (χ2v) is 4.53. The van der Waals surface area contributed by atoms with Crippen LogP contribution in [0.3, 0.4) is 0 Å². The van der Waals surface area contributed by atoms with E-state index in [1.165, 1.54) is 5.56 Å². The standard InChI is InChI=1S/C13H16ClN3/c1-10-4-5-12(7-13(10)14)17-9-11(8-16-17)3-2-6-15/h4-5,7-9H,2-3,6,15H2,1H3. The summed E-state index contributed by atoms with van der Waals surface area (Å²) in [5.41, 5.74) is 8.75. The molecule has 4 heteroatoms. The summed E-state index contributed by atoms with van der Waals surface area (Å²) < 4.78 is 1.84. The molecule has 90 valence electrons. The van der Waals surface area contributed by atoms with Gasteiger partial charge >= 0.3 is 0 Å². The molecule has 0 spiro atoms. The number of rotatable bonds is 4. The lowest BCUT2D eigenvalue weighted by atomic mass is 10.2. The van der Waals surface area contributed by atoms with E-state index in [-0.39, 0.29) is 0 Å². The summed E-state index contributed by atoms with van der Waals surface area (Å²) in [7, 11) is 0. The third kappa shape index (κ3) is 2.87. The first-order chi connectivity index (χ1) is 8.20. The summed E-state index contributed by atoms with van der Waals surface area (Å²) in [6.07, 6.45) is 5.86. The molecule has 1 aromatic carbocycles. The van der Waals surface area contributed by atoms with Gasteiger partial charge in [-0.2, -0.15) is 5.10 Å². The van der Waals surface area contributed by atoms with E-state index in [9.17, 15) is 0 Å². The van der Waals surface area contributed by atoms with Crippen molar-refractivity contribution < 1.29 is 0 Å². The molecule has 0 aliphatic rings. The van der Waals surface area contributed by atoms with Gasteiger partial charge < -0.3 is 5.73 Å². The molecule has 0 aliphatic carbocycles. The van der Waals surface area contributed by atoms with Crippen LogP contribution < -0.4 is 5.73 Å². The highest BCUT2D eigenvalue weighted by Gasteiger charge is 2.03. The lowest BCUT2D eigenvalue weighted by Crippen LogP contribution is -1.99. The van der Waals surface area contributed by atoms with Crippen LogP contribution in [0.25, 0.3) is 5.69 Å². The number of hydrogen-bond donors (Lipinski definition) is 1. The fourth-order valence-electron chi connectivity index (χ4n) is 1.66. The maximum absolute atomic E-state index is 6.10. The molecule has 0 saturated heterocycles. The first-order valence-electron chi connectivity index (χ1n) is 5.71. The van der Waals surface area contributed by atoms with Gasteiger partial charge in [-0.3, -0.25) is 0 Å². The Morgan fingerprint density at radius 2 is 2.24 bits per heavy atom. The van der Waals surface area contributed by atoms with Crippen LogP contribution in [-0.4, -0.2) is 16.3 Å². The number of hydrogen-bond acceptors (Lipinski definition) is 2. The van der Waals surface area contributed by atoms with Crippen LogP contribution in [0.5, 0.6) is 0 Å². The summed E-state index contributed by atoms with van der Waals surface area (Å²) in [5.74, 6) is 0. The van der Waals surface area contributed by atoms with E-state index in [1.54, 1.807) is 0 Å². The monoisotopic (exact) mass is 249 g/mol. The quantitative estimate of drug-likeness (QED) is 0.906. The molecule has 0 fully saturated rings. The van der Waals surface area contributed by atoms with Gasteiger partial charge in [-0.05, 0) is 49.6 Å². The third-order valence-corrected chi connectivity index (χ3v) is 3.13. The zero-order chi connectivity index (χ0) is 12.3. The van der Waals surface area contributed by atoms with E-state index in [0.717, 1.165) is 29.1 Å². The highest BCUT2D eigenvalue weighted by molar-refractivity contribution is 6.31. The number of halogens is 1. The molecule has 0 radical (unpaired) electrons. The molecule has 17 heavy (non-hydrogen) atoms. The minimum absolute atomic E-state index is 0.710. The summed E-state index contributed by atoms with van der Waals surface area (Å²) in [4.78, 5) is 0. The van der Waals surface area contributed by atoms with E-state index < -0.39 is 0 Å². The molecule has 0 unspecified atom stereocenters. The molecule has 1 heterocycles. The van der Waals surface area contributed by atoms with E-state index in [4.69, 9.17) is 17.3 Å². The Hall–Kier alpha value is -1.32. The maximum Gasteiger partial charge on any atom is 0.0660 e. The van der Waals surface area contributed by atoms with E-state index in [1.807, 2.05) is 42.2 Å². The van der Waals surface area contributed by atoms with Crippen molar-refractivity contribution >= 4 is 11.6 Å². The number of benzene rings is 1. The van der Waals surface area contributed by atoms with Crippen molar-refractivity contribution in [1.82, 2.24) is 9.78 Å². The first kappa shape index (κ1) is 12.1. The zero-order valence-electron chi connectivity index (χ0n) is 9.86. The zero-order valence-corrected chi connectivity index (χ0v) is 10.6. The predicted octanol–water partition coefficient (Wildman–Crippen LogP) is 2.73. The maximum atomic E-state index is 6.10. The number of nitrogens with zero attached hydrogens (tertiary/aromatic N) is 2. The Bertz CT molecular complexity index is 505. The molecule has 2 aromatic rings. The Balaban J connectivity index is 2.21. The van der Waals surface area contributed by atoms with E-state index in [2.05, 4.69) is 5.10 Å². The minimum atomic E-state index is 0.710. The molecule has 0 atom stereocenters. The average molecular weight is 250 g/mol. The second kappa shape index (κ2) is 5.34. The van der Waals surface area contributed by atoms with Crippen LogP contribution >= 0.6 is 11.6 Å². The van der Waals surface area contributed by atoms with Gasteiger partial charge in [0, 0.05) is 11.2 Å². The smallest absolute Gasteiger partial charge is 0.0660 e. The van der Waals surface area contributed by atoms with Crippen LogP contribution in [0.1, 0.15) is 17.5 Å². The van der Waals surface area contributed by atoms with E-state index >= 15 is 0 Å². The average Bonchev–Trinajstić information content (AvgIpc) is 2.79. The largest absolute Gasteiger partial charge is 0.330 e. The van der Waals surface area contributed by atoms with Gasteiger partial charge in [-0.1, -0.05) is 17.7 Å². The molecule has 1 aromatic heterocycles. The normalized spacial score (nSPS) is 10.8. The molecular formula is C13H16ClN3. The first-order valence-corrected chi connectivity index (χ1v) is 6.08. The van der Waals surface area contributed by atoms with Gasteiger partial charge in [0.25, 0.3) is 0 Å². The fraction of sp³-hybridized carbons (Fsp3) is 0.308. The van der Waals surface area contributed by atoms with Gasteiger partial charge in [0.2, 0.25) is 0 Å². The van der Waals surface area contributed by atoms with Crippen molar-refractivity contribution in [2.75, 3.05) is 6.54 Å². The molecule has 0 amide bonds. The van der Waals surface area contributed by atoms with Crippen molar-refractivity contribution in [1.29, 1.82) is 0 Å². The number of nitrogens with two attached hydrogens (primary N) is 1. The Morgan fingerprint density at radius 1 is 1.41 bits per heavy atom. The molecule has 2 N–H and O–H groups in total. The van der Waals surface area contributed by atoms with Crippen LogP contribution in [0.15, 0.2) is 30.6 Å². The van der Waals surface area contributed by atoms with Gasteiger partial charge in [0.1, 0.15) is 0 Å². The van der Waals surface area contributed by atoms with Crippen molar-refractivity contribution in [2.24, 2.45) is 5.73 Å². The van der Waals surface area contributed by atoms with Crippen molar-refractivity contribution in [2.45, 2.75) is 19.8 Å². The molecule has 0 bridgehead atoms. The third-order valence-electron chi connectivity index (χ3n) is 2.73. The Labute approximate surface area is 106 Å². The second-order valence-electron chi connectivity index (χ2n) is 4.12. The van der Waals surface area contributed by atoms with Crippen LogP contribution in [0.2, 0.25) is 5.02 Å². The SMILES string of the molecule is Cc1ccc(-n2cc(CCCN)cn2)cc1Cl. The van der Waals surface area contributed by atoms with Gasteiger partial charge in [0.05, 0.1) is 11.9 Å².